The molecule has 0 saturated carbocycles. The molecule has 0 radical (unpaired) electrons. The van der Waals surface area contributed by atoms with E-state index < -0.39 is 5.97 Å². The lowest BCUT2D eigenvalue weighted by Gasteiger charge is -2.11. The Balaban J connectivity index is 1.95. The molecule has 0 atom stereocenters. The van der Waals surface area contributed by atoms with Crippen molar-refractivity contribution in [1.29, 1.82) is 0 Å². The molecule has 3 aromatic rings. The highest BCUT2D eigenvalue weighted by Gasteiger charge is 2.08. The highest BCUT2D eigenvalue weighted by molar-refractivity contribution is 5.87. The second kappa shape index (κ2) is 6.81. The zero-order valence-corrected chi connectivity index (χ0v) is 14.1. The molecule has 128 valence electrons. The zero-order valence-electron chi connectivity index (χ0n) is 14.1. The first-order valence-electron chi connectivity index (χ1n) is 8.06. The molecule has 0 aliphatic carbocycles. The molecule has 0 aliphatic heterocycles. The number of fused-ring (bicyclic) bond motifs is 1. The summed E-state index contributed by atoms with van der Waals surface area (Å²) in [5.41, 5.74) is 0.859. The van der Waals surface area contributed by atoms with E-state index in [1.54, 1.807) is 35.0 Å². The fourth-order valence-electron chi connectivity index (χ4n) is 2.74. The summed E-state index contributed by atoms with van der Waals surface area (Å²) in [6, 6.07) is 13.9. The largest absolute Gasteiger partial charge is 0.491 e. The van der Waals surface area contributed by atoms with Gasteiger partial charge in [0.2, 0.25) is 0 Å². The molecule has 0 amide bonds. The van der Waals surface area contributed by atoms with Crippen LogP contribution >= 0.6 is 0 Å². The molecule has 1 N–H and O–H groups in total. The molecule has 5 heteroatoms. The third-order valence-corrected chi connectivity index (χ3v) is 3.85. The summed E-state index contributed by atoms with van der Waals surface area (Å²) in [7, 11) is 0. The van der Waals surface area contributed by atoms with Gasteiger partial charge >= 0.3 is 5.97 Å². The summed E-state index contributed by atoms with van der Waals surface area (Å²) in [4.78, 5) is 23.8. The molecule has 0 saturated heterocycles. The first-order valence-corrected chi connectivity index (χ1v) is 8.06. The van der Waals surface area contributed by atoms with Gasteiger partial charge in [0.25, 0.3) is 5.56 Å². The van der Waals surface area contributed by atoms with Gasteiger partial charge in [0, 0.05) is 11.6 Å². The Bertz CT molecular complexity index is 988. The first-order chi connectivity index (χ1) is 11.9. The van der Waals surface area contributed by atoms with E-state index in [9.17, 15) is 9.59 Å². The number of pyridine rings is 1. The van der Waals surface area contributed by atoms with Crippen molar-refractivity contribution in [3.63, 3.8) is 0 Å². The van der Waals surface area contributed by atoms with E-state index in [2.05, 4.69) is 0 Å². The number of carboxylic acids is 1. The summed E-state index contributed by atoms with van der Waals surface area (Å²) in [5.74, 6) is -0.251. The summed E-state index contributed by atoms with van der Waals surface area (Å²) in [6.45, 7) is 4.22. The minimum absolute atomic E-state index is 0.0688. The lowest BCUT2D eigenvalue weighted by Crippen LogP contribution is -2.20. The summed E-state index contributed by atoms with van der Waals surface area (Å²) in [6.07, 6.45) is 1.79. The number of carbonyl (C=O) groups is 1. The first kappa shape index (κ1) is 16.8. The molecule has 25 heavy (non-hydrogen) atoms. The quantitative estimate of drug-likeness (QED) is 0.773. The molecule has 0 aliphatic rings. The van der Waals surface area contributed by atoms with Crippen LogP contribution in [0.1, 0.15) is 29.8 Å². The smallest absolute Gasteiger partial charge is 0.335 e. The van der Waals surface area contributed by atoms with Crippen LogP contribution in [0.25, 0.3) is 10.8 Å². The molecule has 1 heterocycles. The second-order valence-electron chi connectivity index (χ2n) is 6.17. The minimum atomic E-state index is -0.981. The number of aromatic nitrogens is 1. The van der Waals surface area contributed by atoms with Crippen molar-refractivity contribution < 1.29 is 14.6 Å². The van der Waals surface area contributed by atoms with Gasteiger partial charge in [-0.1, -0.05) is 12.1 Å². The highest BCUT2D eigenvalue weighted by atomic mass is 16.5. The molecular formula is C20H19NO4. The van der Waals surface area contributed by atoms with Crippen molar-refractivity contribution in [3.8, 4) is 5.75 Å². The zero-order chi connectivity index (χ0) is 18.0. The van der Waals surface area contributed by atoms with Crippen LogP contribution in [0.4, 0.5) is 0 Å². The monoisotopic (exact) mass is 337 g/mol. The van der Waals surface area contributed by atoms with Crippen LogP contribution in [0, 0.1) is 0 Å². The van der Waals surface area contributed by atoms with Crippen LogP contribution in [-0.4, -0.2) is 21.7 Å². The summed E-state index contributed by atoms with van der Waals surface area (Å²) < 4.78 is 7.23. The van der Waals surface area contributed by atoms with E-state index in [0.29, 0.717) is 11.9 Å². The maximum atomic E-state index is 12.7. The van der Waals surface area contributed by atoms with Crippen LogP contribution in [0.3, 0.4) is 0 Å². The molecule has 0 spiro atoms. The van der Waals surface area contributed by atoms with Gasteiger partial charge in [-0.3, -0.25) is 4.79 Å². The number of nitrogens with zero attached hydrogens (tertiary/aromatic N) is 1. The van der Waals surface area contributed by atoms with Gasteiger partial charge in [-0.25, -0.2) is 4.79 Å². The Hall–Kier alpha value is -3.08. The maximum Gasteiger partial charge on any atom is 0.335 e. The molecule has 2 aromatic carbocycles. The molecule has 0 unspecified atom stereocenters. The number of hydrogen-bond acceptors (Lipinski definition) is 3. The van der Waals surface area contributed by atoms with Gasteiger partial charge in [0.05, 0.1) is 18.2 Å². The topological polar surface area (TPSA) is 68.5 Å². The van der Waals surface area contributed by atoms with Crippen LogP contribution in [0.15, 0.2) is 59.5 Å². The van der Waals surface area contributed by atoms with Crippen LogP contribution < -0.4 is 10.3 Å². The third-order valence-electron chi connectivity index (χ3n) is 3.85. The normalized spacial score (nSPS) is 11.0. The maximum absolute atomic E-state index is 12.7. The van der Waals surface area contributed by atoms with Crippen LogP contribution in [0.2, 0.25) is 0 Å². The molecule has 1 aromatic heterocycles. The van der Waals surface area contributed by atoms with Gasteiger partial charge in [0.1, 0.15) is 5.75 Å². The van der Waals surface area contributed by atoms with Gasteiger partial charge in [-0.2, -0.15) is 0 Å². The number of carboxylic acid groups (broad SMARTS) is 1. The lowest BCUT2D eigenvalue weighted by atomic mass is 10.1. The van der Waals surface area contributed by atoms with Crippen molar-refractivity contribution in [2.24, 2.45) is 0 Å². The third kappa shape index (κ3) is 3.71. The molecule has 0 bridgehead atoms. The minimum Gasteiger partial charge on any atom is -0.491 e. The molecule has 0 fully saturated rings. The van der Waals surface area contributed by atoms with Crippen molar-refractivity contribution in [2.75, 3.05) is 0 Å². The van der Waals surface area contributed by atoms with Gasteiger partial charge in [-0.05, 0) is 61.2 Å². The Morgan fingerprint density at radius 3 is 2.68 bits per heavy atom. The van der Waals surface area contributed by atoms with Gasteiger partial charge in [0.15, 0.2) is 0 Å². The number of aromatic carboxylic acids is 1. The van der Waals surface area contributed by atoms with Crippen molar-refractivity contribution in [1.82, 2.24) is 4.57 Å². The highest BCUT2D eigenvalue weighted by Crippen LogP contribution is 2.19. The van der Waals surface area contributed by atoms with E-state index in [4.69, 9.17) is 9.84 Å². The van der Waals surface area contributed by atoms with Gasteiger partial charge < -0.3 is 14.4 Å². The number of rotatable bonds is 5. The summed E-state index contributed by atoms with van der Waals surface area (Å²) >= 11 is 0. The fourth-order valence-corrected chi connectivity index (χ4v) is 2.74. The standard InChI is InChI=1S/C20H19NO4/c1-13(2)25-17-6-7-18-15(11-17)8-9-21(19(18)22)12-14-4-3-5-16(10-14)20(23)24/h3-11,13H,12H2,1-2H3,(H,23,24). The lowest BCUT2D eigenvalue weighted by molar-refractivity contribution is 0.0696. The van der Waals surface area contributed by atoms with Gasteiger partial charge in [-0.15, -0.1) is 0 Å². The fraction of sp³-hybridized carbons (Fsp3) is 0.200. The molecule has 3 rings (SSSR count). The predicted molar refractivity (Wildman–Crippen MR) is 96.5 cm³/mol. The average molecular weight is 337 g/mol. The van der Waals surface area contributed by atoms with Crippen LogP contribution in [0.5, 0.6) is 5.75 Å². The Morgan fingerprint density at radius 1 is 1.16 bits per heavy atom. The van der Waals surface area contributed by atoms with E-state index in [1.807, 2.05) is 32.0 Å². The number of benzene rings is 2. The molecular weight excluding hydrogens is 318 g/mol. The number of ether oxygens (including phenoxy) is 1. The van der Waals surface area contributed by atoms with E-state index in [1.165, 1.54) is 6.07 Å². The Labute approximate surface area is 145 Å². The Morgan fingerprint density at radius 2 is 1.96 bits per heavy atom. The Kier molecular flexibility index (Phi) is 4.57. The number of hydrogen-bond donors (Lipinski definition) is 1. The SMILES string of the molecule is CC(C)Oc1ccc2c(=O)n(Cc3cccc(C(=O)O)c3)ccc2c1. The predicted octanol–water partition coefficient (Wildman–Crippen LogP) is 3.54. The van der Waals surface area contributed by atoms with Crippen molar-refractivity contribution in [2.45, 2.75) is 26.5 Å². The van der Waals surface area contributed by atoms with E-state index in [0.717, 1.165) is 16.7 Å². The average Bonchev–Trinajstić information content (AvgIpc) is 2.57. The van der Waals surface area contributed by atoms with Crippen LogP contribution in [-0.2, 0) is 6.54 Å². The van der Waals surface area contributed by atoms with Crippen molar-refractivity contribution >= 4 is 16.7 Å². The second-order valence-corrected chi connectivity index (χ2v) is 6.17. The molecule has 5 nitrogen and oxygen atoms in total. The van der Waals surface area contributed by atoms with E-state index in [-0.39, 0.29) is 17.2 Å². The summed E-state index contributed by atoms with van der Waals surface area (Å²) in [5, 5.41) is 10.5. The van der Waals surface area contributed by atoms with Crippen molar-refractivity contribution in [3.05, 3.63) is 76.2 Å². The van der Waals surface area contributed by atoms with E-state index >= 15 is 0 Å².